The van der Waals surface area contributed by atoms with Gasteiger partial charge in [0.05, 0.1) is 0 Å². The van der Waals surface area contributed by atoms with E-state index in [1.807, 2.05) is 18.2 Å². The summed E-state index contributed by atoms with van der Waals surface area (Å²) in [4.78, 5) is 35.3. The van der Waals surface area contributed by atoms with Crippen LogP contribution in [0.1, 0.15) is 66.7 Å². The molecule has 0 aliphatic carbocycles. The zero-order chi connectivity index (χ0) is 27.7. The van der Waals surface area contributed by atoms with Gasteiger partial charge in [0.15, 0.2) is 5.13 Å². The highest BCUT2D eigenvalue weighted by Gasteiger charge is 2.40. The van der Waals surface area contributed by atoms with Crippen molar-refractivity contribution in [3.05, 3.63) is 76.0 Å². The SMILES string of the molecule is CC(C)(C)NC1CCN(Cc2cccc3c2C(=O)N(C(C(=O)Nc2nccs2)c2cc(F)ccc2O)C3)CC1. The Kier molecular flexibility index (Phi) is 7.70. The van der Waals surface area contributed by atoms with E-state index in [0.29, 0.717) is 23.3 Å². The number of carbonyl (C=O) groups is 2. The highest BCUT2D eigenvalue weighted by Crippen LogP contribution is 2.38. The molecule has 2 amide bonds. The number of fused-ring (bicyclic) bond motifs is 1. The Bertz CT molecular complexity index is 1350. The van der Waals surface area contributed by atoms with Crippen molar-refractivity contribution in [2.24, 2.45) is 0 Å². The quantitative estimate of drug-likeness (QED) is 0.395. The number of thiazole rings is 1. The van der Waals surface area contributed by atoms with Crippen LogP contribution in [0.5, 0.6) is 5.75 Å². The van der Waals surface area contributed by atoms with Crippen LogP contribution in [0.3, 0.4) is 0 Å². The van der Waals surface area contributed by atoms with Gasteiger partial charge < -0.3 is 15.3 Å². The normalized spacial score (nSPS) is 17.3. The molecule has 0 spiro atoms. The molecule has 1 fully saturated rings. The van der Waals surface area contributed by atoms with Crippen molar-refractivity contribution in [3.8, 4) is 5.75 Å². The molecule has 0 radical (unpaired) electrons. The van der Waals surface area contributed by atoms with Gasteiger partial charge >= 0.3 is 0 Å². The summed E-state index contributed by atoms with van der Waals surface area (Å²) in [5.41, 5.74) is 2.40. The van der Waals surface area contributed by atoms with E-state index in [1.165, 1.54) is 22.3 Å². The van der Waals surface area contributed by atoms with Crippen LogP contribution < -0.4 is 10.6 Å². The fourth-order valence-electron chi connectivity index (χ4n) is 5.54. The molecule has 2 aliphatic rings. The van der Waals surface area contributed by atoms with E-state index >= 15 is 0 Å². The summed E-state index contributed by atoms with van der Waals surface area (Å²) in [5, 5.41) is 19.1. The minimum absolute atomic E-state index is 0.0279. The van der Waals surface area contributed by atoms with Gasteiger partial charge in [-0.2, -0.15) is 0 Å². The number of aromatic nitrogens is 1. The summed E-state index contributed by atoms with van der Waals surface area (Å²) in [6.45, 7) is 9.18. The lowest BCUT2D eigenvalue weighted by Crippen LogP contribution is -2.49. The van der Waals surface area contributed by atoms with Gasteiger partial charge in [-0.3, -0.25) is 19.8 Å². The van der Waals surface area contributed by atoms with Crippen molar-refractivity contribution in [2.75, 3.05) is 18.4 Å². The second-order valence-corrected chi connectivity index (χ2v) is 12.2. The molecule has 8 nitrogen and oxygen atoms in total. The molecule has 5 rings (SSSR count). The van der Waals surface area contributed by atoms with Gasteiger partial charge in [0.1, 0.15) is 17.6 Å². The van der Waals surface area contributed by atoms with Gasteiger partial charge in [0.25, 0.3) is 11.8 Å². The number of likely N-dealkylation sites (tertiary alicyclic amines) is 1. The number of nitrogens with zero attached hydrogens (tertiary/aromatic N) is 3. The maximum Gasteiger partial charge on any atom is 0.255 e. The molecule has 206 valence electrons. The molecule has 3 N–H and O–H groups in total. The summed E-state index contributed by atoms with van der Waals surface area (Å²) in [7, 11) is 0. The Balaban J connectivity index is 1.39. The number of carbonyl (C=O) groups excluding carboxylic acids is 2. The lowest BCUT2D eigenvalue weighted by atomic mass is 9.98. The summed E-state index contributed by atoms with van der Waals surface area (Å²) in [5.74, 6) is -1.75. The molecule has 3 aromatic rings. The van der Waals surface area contributed by atoms with Crippen LogP contribution in [0.25, 0.3) is 0 Å². The van der Waals surface area contributed by atoms with Crippen LogP contribution in [-0.4, -0.2) is 56.4 Å². The number of rotatable bonds is 7. The van der Waals surface area contributed by atoms with Crippen molar-refractivity contribution in [1.82, 2.24) is 20.1 Å². The molecule has 1 saturated heterocycles. The zero-order valence-corrected chi connectivity index (χ0v) is 23.2. The largest absolute Gasteiger partial charge is 0.508 e. The molecular weight excluding hydrogens is 517 g/mol. The van der Waals surface area contributed by atoms with E-state index in [0.717, 1.165) is 49.2 Å². The molecule has 1 atom stereocenters. The highest BCUT2D eigenvalue weighted by atomic mass is 32.1. The third-order valence-electron chi connectivity index (χ3n) is 7.18. The summed E-state index contributed by atoms with van der Waals surface area (Å²) in [6, 6.07) is 8.44. The van der Waals surface area contributed by atoms with E-state index in [1.54, 1.807) is 11.6 Å². The van der Waals surface area contributed by atoms with E-state index in [-0.39, 0.29) is 29.3 Å². The van der Waals surface area contributed by atoms with Crippen molar-refractivity contribution < 1.29 is 19.1 Å². The third kappa shape index (κ3) is 6.13. The number of hydrogen-bond acceptors (Lipinski definition) is 7. The van der Waals surface area contributed by atoms with Crippen molar-refractivity contribution in [1.29, 1.82) is 0 Å². The Morgan fingerprint density at radius 3 is 2.69 bits per heavy atom. The summed E-state index contributed by atoms with van der Waals surface area (Å²) >= 11 is 1.23. The topological polar surface area (TPSA) is 97.8 Å². The number of phenolic OH excluding ortho intramolecular Hbond substituents is 1. The number of piperidine rings is 1. The Morgan fingerprint density at radius 1 is 1.23 bits per heavy atom. The number of hydrogen-bond donors (Lipinski definition) is 3. The van der Waals surface area contributed by atoms with Gasteiger partial charge in [-0.25, -0.2) is 9.37 Å². The monoisotopic (exact) mass is 551 g/mol. The van der Waals surface area contributed by atoms with Gasteiger partial charge in [-0.15, -0.1) is 11.3 Å². The lowest BCUT2D eigenvalue weighted by Gasteiger charge is -2.36. The first-order chi connectivity index (χ1) is 18.6. The van der Waals surface area contributed by atoms with Gasteiger partial charge in [-0.05, 0) is 76.0 Å². The van der Waals surface area contributed by atoms with E-state index in [9.17, 15) is 19.1 Å². The molecule has 39 heavy (non-hydrogen) atoms. The lowest BCUT2D eigenvalue weighted by molar-refractivity contribution is -0.120. The van der Waals surface area contributed by atoms with E-state index in [4.69, 9.17) is 0 Å². The average molecular weight is 552 g/mol. The number of amides is 2. The van der Waals surface area contributed by atoms with Crippen LogP contribution in [0.15, 0.2) is 48.0 Å². The smallest absolute Gasteiger partial charge is 0.255 e. The predicted octanol–water partition coefficient (Wildman–Crippen LogP) is 4.68. The van der Waals surface area contributed by atoms with Gasteiger partial charge in [-0.1, -0.05) is 18.2 Å². The number of nitrogens with one attached hydrogen (secondary N) is 2. The maximum atomic E-state index is 14.3. The minimum Gasteiger partial charge on any atom is -0.508 e. The first kappa shape index (κ1) is 27.2. The molecule has 10 heteroatoms. The average Bonchev–Trinajstić information content (AvgIpc) is 3.50. The van der Waals surface area contributed by atoms with Crippen LogP contribution >= 0.6 is 11.3 Å². The number of anilines is 1. The molecule has 1 aromatic heterocycles. The maximum absolute atomic E-state index is 14.3. The standard InChI is InChI=1S/C29H34FN5O3S/c1-29(2,3)33-21-9-12-34(13-10-21)16-18-5-4-6-19-17-35(27(38)24(18)19)25(22-15-20(30)7-8-23(22)36)26(37)32-28-31-11-14-39-28/h4-8,11,14-15,21,25,33,36H,9-10,12-13,16-17H2,1-3H3,(H,31,32,37). The molecular formula is C29H34FN5O3S. The van der Waals surface area contributed by atoms with Crippen molar-refractivity contribution >= 4 is 28.3 Å². The van der Waals surface area contributed by atoms with Crippen LogP contribution in [0.2, 0.25) is 0 Å². The number of phenols is 1. The molecule has 2 aliphatic heterocycles. The Labute approximate surface area is 231 Å². The second-order valence-electron chi connectivity index (χ2n) is 11.3. The summed E-state index contributed by atoms with van der Waals surface area (Å²) in [6.07, 6.45) is 3.62. The fourth-order valence-corrected chi connectivity index (χ4v) is 6.07. The van der Waals surface area contributed by atoms with Crippen molar-refractivity contribution in [2.45, 2.75) is 64.3 Å². The fraction of sp³-hybridized carbons (Fsp3) is 0.414. The predicted molar refractivity (Wildman–Crippen MR) is 149 cm³/mol. The minimum atomic E-state index is -1.24. The second kappa shape index (κ2) is 11.0. The third-order valence-corrected chi connectivity index (χ3v) is 7.87. The molecule has 3 heterocycles. The summed E-state index contributed by atoms with van der Waals surface area (Å²) < 4.78 is 14.3. The number of halogens is 1. The highest BCUT2D eigenvalue weighted by molar-refractivity contribution is 7.13. The molecule has 0 bridgehead atoms. The Hall–Kier alpha value is -3.34. The van der Waals surface area contributed by atoms with Crippen LogP contribution in [0, 0.1) is 5.82 Å². The van der Waals surface area contributed by atoms with Crippen LogP contribution in [-0.2, 0) is 17.9 Å². The van der Waals surface area contributed by atoms with E-state index in [2.05, 4.69) is 41.3 Å². The number of aromatic hydroxyl groups is 1. The van der Waals surface area contributed by atoms with Gasteiger partial charge in [0.2, 0.25) is 0 Å². The molecule has 1 unspecified atom stereocenters. The van der Waals surface area contributed by atoms with Crippen LogP contribution in [0.4, 0.5) is 9.52 Å². The zero-order valence-electron chi connectivity index (χ0n) is 22.4. The number of benzene rings is 2. The van der Waals surface area contributed by atoms with E-state index < -0.39 is 17.8 Å². The van der Waals surface area contributed by atoms with Crippen molar-refractivity contribution in [3.63, 3.8) is 0 Å². The van der Waals surface area contributed by atoms with Gasteiger partial charge in [0, 0.05) is 47.4 Å². The Morgan fingerprint density at radius 2 is 2.00 bits per heavy atom. The molecule has 2 aromatic carbocycles. The first-order valence-electron chi connectivity index (χ1n) is 13.2. The molecule has 0 saturated carbocycles. The first-order valence-corrected chi connectivity index (χ1v) is 14.1.